The molecule has 0 N–H and O–H groups in total. The first-order valence-electron chi connectivity index (χ1n) is 4.50. The van der Waals surface area contributed by atoms with E-state index in [0.29, 0.717) is 17.6 Å². The second-order valence-corrected chi connectivity index (χ2v) is 3.62. The number of allylic oxidation sites excluding steroid dienone is 2. The Morgan fingerprint density at radius 3 is 2.73 bits per heavy atom. The average molecular weight is 150 g/mol. The number of hydrogen-bond acceptors (Lipinski definition) is 1. The maximum atomic E-state index is 11.3. The maximum Gasteiger partial charge on any atom is 0.136 e. The van der Waals surface area contributed by atoms with Crippen LogP contribution in [0.4, 0.5) is 0 Å². The van der Waals surface area contributed by atoms with Crippen LogP contribution in [0.15, 0.2) is 11.6 Å². The highest BCUT2D eigenvalue weighted by Crippen LogP contribution is 2.45. The van der Waals surface area contributed by atoms with Crippen LogP contribution < -0.4 is 0 Å². The molecule has 1 nitrogen and oxygen atoms in total. The number of Topliss-reactive ketones (excluding diaryl/α,β-unsaturated/α-hetero) is 1. The number of carbonyl (C=O) groups excluding carboxylic acids is 1. The van der Waals surface area contributed by atoms with Crippen LogP contribution in [0, 0.1) is 11.8 Å². The minimum absolute atomic E-state index is 0.418. The molecule has 0 amide bonds. The van der Waals surface area contributed by atoms with E-state index in [9.17, 15) is 4.79 Å². The van der Waals surface area contributed by atoms with Crippen molar-refractivity contribution in [2.24, 2.45) is 11.8 Å². The molecule has 2 atom stereocenters. The summed E-state index contributed by atoms with van der Waals surface area (Å²) >= 11 is 0. The number of carbonyl (C=O) groups is 1. The van der Waals surface area contributed by atoms with Gasteiger partial charge in [0.15, 0.2) is 0 Å². The zero-order valence-corrected chi connectivity index (χ0v) is 6.97. The van der Waals surface area contributed by atoms with Gasteiger partial charge in [0.05, 0.1) is 0 Å². The summed E-state index contributed by atoms with van der Waals surface area (Å²) in [6.07, 6.45) is 6.49. The predicted molar refractivity (Wildman–Crippen MR) is 44.2 cm³/mol. The van der Waals surface area contributed by atoms with Crippen molar-refractivity contribution in [3.05, 3.63) is 11.6 Å². The van der Waals surface area contributed by atoms with E-state index < -0.39 is 0 Å². The lowest BCUT2D eigenvalue weighted by atomic mass is 9.97. The van der Waals surface area contributed by atoms with Crippen molar-refractivity contribution in [1.29, 1.82) is 0 Å². The Bertz CT molecular complexity index is 215. The van der Waals surface area contributed by atoms with Crippen molar-refractivity contribution in [3.63, 3.8) is 0 Å². The van der Waals surface area contributed by atoms with E-state index in [0.717, 1.165) is 19.3 Å². The Morgan fingerprint density at radius 1 is 1.27 bits per heavy atom. The fourth-order valence-corrected chi connectivity index (χ4v) is 2.58. The zero-order chi connectivity index (χ0) is 7.84. The zero-order valence-electron chi connectivity index (χ0n) is 6.97. The van der Waals surface area contributed by atoms with Crippen molar-refractivity contribution in [2.75, 3.05) is 0 Å². The van der Waals surface area contributed by atoms with Crippen molar-refractivity contribution < 1.29 is 4.79 Å². The maximum absolute atomic E-state index is 11.3. The molecule has 0 spiro atoms. The largest absolute Gasteiger partial charge is 0.299 e. The van der Waals surface area contributed by atoms with Gasteiger partial charge in [0.25, 0.3) is 0 Å². The lowest BCUT2D eigenvalue weighted by Gasteiger charge is -2.07. The van der Waals surface area contributed by atoms with E-state index >= 15 is 0 Å². The minimum atomic E-state index is 0.418. The van der Waals surface area contributed by atoms with Crippen LogP contribution in [0.3, 0.4) is 0 Å². The molecule has 1 heteroatoms. The first-order valence-corrected chi connectivity index (χ1v) is 4.50. The van der Waals surface area contributed by atoms with E-state index in [1.807, 2.05) is 0 Å². The summed E-state index contributed by atoms with van der Waals surface area (Å²) in [6, 6.07) is 0. The molecular weight excluding hydrogens is 136 g/mol. The fraction of sp³-hybridized carbons (Fsp3) is 0.700. The Hall–Kier alpha value is -0.590. The van der Waals surface area contributed by atoms with E-state index in [-0.39, 0.29) is 0 Å². The van der Waals surface area contributed by atoms with E-state index in [2.05, 4.69) is 13.0 Å². The topological polar surface area (TPSA) is 17.1 Å². The molecule has 2 rings (SSSR count). The van der Waals surface area contributed by atoms with Gasteiger partial charge in [0, 0.05) is 12.3 Å². The molecule has 2 aliphatic rings. The van der Waals surface area contributed by atoms with Crippen LogP contribution >= 0.6 is 0 Å². The molecule has 0 bridgehead atoms. The van der Waals surface area contributed by atoms with Gasteiger partial charge >= 0.3 is 0 Å². The molecule has 2 saturated carbocycles. The number of hydrogen-bond donors (Lipinski definition) is 0. The van der Waals surface area contributed by atoms with Gasteiger partial charge in [0.1, 0.15) is 5.78 Å². The standard InChI is InChI=1S/C10H14O/c1-2-7-3-4-9-8(7)5-6-10(9)11/h2,8-9H,3-6H2,1H3/b7-2-/t8-,9+/m1/s1. The molecular formula is C10H14O. The Kier molecular flexibility index (Phi) is 1.59. The van der Waals surface area contributed by atoms with E-state index in [1.165, 1.54) is 6.42 Å². The Morgan fingerprint density at radius 2 is 2.00 bits per heavy atom. The van der Waals surface area contributed by atoms with E-state index in [4.69, 9.17) is 0 Å². The van der Waals surface area contributed by atoms with E-state index in [1.54, 1.807) is 5.57 Å². The number of rotatable bonds is 0. The fourth-order valence-electron chi connectivity index (χ4n) is 2.58. The molecule has 60 valence electrons. The van der Waals surface area contributed by atoms with Gasteiger partial charge in [-0.05, 0) is 32.1 Å². The average Bonchev–Trinajstić information content (AvgIpc) is 2.53. The quantitative estimate of drug-likeness (QED) is 0.484. The minimum Gasteiger partial charge on any atom is -0.299 e. The van der Waals surface area contributed by atoms with Crippen molar-refractivity contribution in [1.82, 2.24) is 0 Å². The van der Waals surface area contributed by atoms with Gasteiger partial charge in [-0.25, -0.2) is 0 Å². The van der Waals surface area contributed by atoms with Gasteiger partial charge in [-0.15, -0.1) is 0 Å². The SMILES string of the molecule is C/C=C1/CC[C@@H]2C(=O)CC[C@H]12. The summed E-state index contributed by atoms with van der Waals surface area (Å²) in [7, 11) is 0. The van der Waals surface area contributed by atoms with Crippen LogP contribution in [-0.2, 0) is 4.79 Å². The van der Waals surface area contributed by atoms with Crippen molar-refractivity contribution in [3.8, 4) is 0 Å². The first kappa shape index (κ1) is 7.08. The molecule has 0 aromatic rings. The molecule has 2 aliphatic carbocycles. The highest BCUT2D eigenvalue weighted by atomic mass is 16.1. The van der Waals surface area contributed by atoms with Crippen molar-refractivity contribution in [2.45, 2.75) is 32.6 Å². The summed E-state index contributed by atoms with van der Waals surface area (Å²) in [5.74, 6) is 1.58. The normalized spacial score (nSPS) is 40.1. The second kappa shape index (κ2) is 2.47. The summed E-state index contributed by atoms with van der Waals surface area (Å²) in [5, 5.41) is 0. The number of ketones is 1. The van der Waals surface area contributed by atoms with Gasteiger partial charge < -0.3 is 0 Å². The van der Waals surface area contributed by atoms with Gasteiger partial charge in [-0.1, -0.05) is 11.6 Å². The third-order valence-electron chi connectivity index (χ3n) is 3.19. The molecule has 0 aliphatic heterocycles. The summed E-state index contributed by atoms with van der Waals surface area (Å²) in [5.41, 5.74) is 1.54. The van der Waals surface area contributed by atoms with Gasteiger partial charge in [-0.2, -0.15) is 0 Å². The summed E-state index contributed by atoms with van der Waals surface area (Å²) in [4.78, 5) is 11.3. The lowest BCUT2D eigenvalue weighted by molar-refractivity contribution is -0.120. The van der Waals surface area contributed by atoms with Crippen LogP contribution in [0.5, 0.6) is 0 Å². The molecule has 0 aromatic carbocycles. The Labute approximate surface area is 67.5 Å². The van der Waals surface area contributed by atoms with Crippen molar-refractivity contribution >= 4 is 5.78 Å². The van der Waals surface area contributed by atoms with Crippen LogP contribution in [0.25, 0.3) is 0 Å². The molecule has 0 saturated heterocycles. The van der Waals surface area contributed by atoms with Gasteiger partial charge in [0.2, 0.25) is 0 Å². The second-order valence-electron chi connectivity index (χ2n) is 3.62. The predicted octanol–water partition coefficient (Wildman–Crippen LogP) is 2.32. The highest BCUT2D eigenvalue weighted by Gasteiger charge is 2.40. The molecule has 2 fully saturated rings. The van der Waals surface area contributed by atoms with Crippen LogP contribution in [-0.4, -0.2) is 5.78 Å². The Balaban J connectivity index is 2.23. The first-order chi connectivity index (χ1) is 5.33. The molecule has 0 aromatic heterocycles. The molecule has 0 unspecified atom stereocenters. The summed E-state index contributed by atoms with van der Waals surface area (Å²) in [6.45, 7) is 2.10. The highest BCUT2D eigenvalue weighted by molar-refractivity contribution is 5.84. The third-order valence-corrected chi connectivity index (χ3v) is 3.19. The molecule has 0 radical (unpaired) electrons. The molecule has 0 heterocycles. The summed E-state index contributed by atoms with van der Waals surface area (Å²) < 4.78 is 0. The monoisotopic (exact) mass is 150 g/mol. The number of fused-ring (bicyclic) bond motifs is 1. The smallest absolute Gasteiger partial charge is 0.136 e. The van der Waals surface area contributed by atoms with Crippen LogP contribution in [0.1, 0.15) is 32.6 Å². The van der Waals surface area contributed by atoms with Crippen LogP contribution in [0.2, 0.25) is 0 Å². The third kappa shape index (κ3) is 0.943. The molecule has 11 heavy (non-hydrogen) atoms. The lowest BCUT2D eigenvalue weighted by Crippen LogP contribution is -2.07. The van der Waals surface area contributed by atoms with Gasteiger partial charge in [-0.3, -0.25) is 4.79 Å².